The molecule has 0 bridgehead atoms. The Morgan fingerprint density at radius 1 is 1.38 bits per heavy atom. The highest BCUT2D eigenvalue weighted by Crippen LogP contribution is 1.82. The lowest BCUT2D eigenvalue weighted by Gasteiger charge is -2.02. The van der Waals surface area contributed by atoms with Crippen molar-refractivity contribution >= 4 is 0 Å². The van der Waals surface area contributed by atoms with E-state index in [1.807, 2.05) is 24.2 Å². The van der Waals surface area contributed by atoms with E-state index in [4.69, 9.17) is 0 Å². The Kier molecular flexibility index (Phi) is 3.67. The molecule has 44 valence electrons. The lowest BCUT2D eigenvalue weighted by molar-refractivity contribution is 0.628. The highest BCUT2D eigenvalue weighted by molar-refractivity contribution is 4.97. The van der Waals surface area contributed by atoms with Crippen molar-refractivity contribution in [1.82, 2.24) is 4.90 Å². The number of allylic oxidation sites excluding steroid dienone is 2. The van der Waals surface area contributed by atoms with Gasteiger partial charge in [-0.3, -0.25) is 0 Å². The molecule has 0 unspecified atom stereocenters. The number of hydrogen-bond donors (Lipinski definition) is 0. The second-order valence-corrected chi connectivity index (χ2v) is 1.43. The number of nitrogens with zero attached hydrogens (tertiary/aromatic N) is 1. The van der Waals surface area contributed by atoms with E-state index in [0.717, 1.165) is 0 Å². The maximum atomic E-state index is 3.55. The molecule has 0 aromatic heterocycles. The van der Waals surface area contributed by atoms with Gasteiger partial charge in [0.1, 0.15) is 0 Å². The maximum Gasteiger partial charge on any atom is 0.0106 e. The molecule has 0 aliphatic heterocycles. The molecule has 8 heavy (non-hydrogen) atoms. The van der Waals surface area contributed by atoms with Crippen LogP contribution >= 0.6 is 0 Å². The molecule has 0 saturated carbocycles. The molecule has 0 aliphatic rings. The van der Waals surface area contributed by atoms with Crippen LogP contribution in [0.4, 0.5) is 0 Å². The van der Waals surface area contributed by atoms with E-state index < -0.39 is 0 Å². The van der Waals surface area contributed by atoms with E-state index in [9.17, 15) is 0 Å². The summed E-state index contributed by atoms with van der Waals surface area (Å²) in [7, 11) is 1.91. The standard InChI is InChI=1S/C7H11N/c1-4-6-7-8(3)5-2/h4-7H,1-2H2,3H3/b7-6-. The van der Waals surface area contributed by atoms with Crippen LogP contribution in [0.3, 0.4) is 0 Å². The number of hydrogen-bond acceptors (Lipinski definition) is 1. The first-order valence-electron chi connectivity index (χ1n) is 2.45. The van der Waals surface area contributed by atoms with Crippen molar-refractivity contribution in [2.45, 2.75) is 0 Å². The molecule has 0 aliphatic carbocycles. The Morgan fingerprint density at radius 3 is 2.38 bits per heavy atom. The normalized spacial score (nSPS) is 9.12. The Balaban J connectivity index is 3.50. The van der Waals surface area contributed by atoms with Crippen molar-refractivity contribution in [3.63, 3.8) is 0 Å². The van der Waals surface area contributed by atoms with Crippen molar-refractivity contribution in [2.24, 2.45) is 0 Å². The summed E-state index contributed by atoms with van der Waals surface area (Å²) in [5.41, 5.74) is 0. The van der Waals surface area contributed by atoms with Gasteiger partial charge in [0, 0.05) is 13.2 Å². The Bertz CT molecular complexity index is 103. The molecule has 0 atom stereocenters. The summed E-state index contributed by atoms with van der Waals surface area (Å²) < 4.78 is 0. The highest BCUT2D eigenvalue weighted by atomic mass is 15.0. The van der Waals surface area contributed by atoms with Crippen molar-refractivity contribution in [1.29, 1.82) is 0 Å². The molecule has 1 heteroatoms. The van der Waals surface area contributed by atoms with Crippen LogP contribution in [0.2, 0.25) is 0 Å². The summed E-state index contributed by atoms with van der Waals surface area (Å²) in [6.07, 6.45) is 7.17. The van der Waals surface area contributed by atoms with Gasteiger partial charge in [-0.1, -0.05) is 19.2 Å². The van der Waals surface area contributed by atoms with Gasteiger partial charge in [0.2, 0.25) is 0 Å². The summed E-state index contributed by atoms with van der Waals surface area (Å²) in [6.45, 7) is 7.07. The van der Waals surface area contributed by atoms with Gasteiger partial charge in [-0.05, 0) is 12.3 Å². The third-order valence-corrected chi connectivity index (χ3v) is 0.745. The monoisotopic (exact) mass is 109 g/mol. The predicted octanol–water partition coefficient (Wildman–Crippen LogP) is 1.76. The van der Waals surface area contributed by atoms with Gasteiger partial charge >= 0.3 is 0 Å². The van der Waals surface area contributed by atoms with Gasteiger partial charge in [0.25, 0.3) is 0 Å². The Morgan fingerprint density at radius 2 is 2.00 bits per heavy atom. The summed E-state index contributed by atoms with van der Waals surface area (Å²) in [5, 5.41) is 0. The van der Waals surface area contributed by atoms with Crippen LogP contribution in [0.25, 0.3) is 0 Å². The van der Waals surface area contributed by atoms with Crippen LogP contribution in [0.15, 0.2) is 37.7 Å². The minimum atomic E-state index is 1.72. The predicted molar refractivity (Wildman–Crippen MR) is 37.3 cm³/mol. The third kappa shape index (κ3) is 3.22. The van der Waals surface area contributed by atoms with E-state index in [0.29, 0.717) is 0 Å². The van der Waals surface area contributed by atoms with Gasteiger partial charge in [-0.2, -0.15) is 0 Å². The van der Waals surface area contributed by atoms with Gasteiger partial charge < -0.3 is 4.90 Å². The molecular weight excluding hydrogens is 98.1 g/mol. The average molecular weight is 109 g/mol. The molecule has 0 spiro atoms. The van der Waals surface area contributed by atoms with Gasteiger partial charge in [0.05, 0.1) is 0 Å². The lowest BCUT2D eigenvalue weighted by Crippen LogP contribution is -1.97. The fourth-order valence-corrected chi connectivity index (χ4v) is 0.257. The maximum absolute atomic E-state index is 3.55. The minimum Gasteiger partial charge on any atom is -0.358 e. The zero-order valence-corrected chi connectivity index (χ0v) is 5.17. The SMILES string of the molecule is C=C/C=C\N(C)C=C. The average Bonchev–Trinajstić information content (AvgIpc) is 1.83. The van der Waals surface area contributed by atoms with Crippen LogP contribution in [-0.2, 0) is 0 Å². The molecule has 0 rings (SSSR count). The Hall–Kier alpha value is -0.980. The first kappa shape index (κ1) is 7.02. The Labute approximate surface area is 50.6 Å². The van der Waals surface area contributed by atoms with Crippen LogP contribution in [0, 0.1) is 0 Å². The van der Waals surface area contributed by atoms with Crippen molar-refractivity contribution in [3.8, 4) is 0 Å². The molecule has 0 heterocycles. The van der Waals surface area contributed by atoms with Crippen LogP contribution in [0.5, 0.6) is 0 Å². The zero-order valence-electron chi connectivity index (χ0n) is 5.17. The minimum absolute atomic E-state index is 1.72. The zero-order chi connectivity index (χ0) is 6.41. The first-order chi connectivity index (χ1) is 3.81. The van der Waals surface area contributed by atoms with E-state index in [1.165, 1.54) is 0 Å². The van der Waals surface area contributed by atoms with E-state index in [-0.39, 0.29) is 0 Å². The summed E-state index contributed by atoms with van der Waals surface area (Å²) in [5.74, 6) is 0. The van der Waals surface area contributed by atoms with Crippen molar-refractivity contribution < 1.29 is 0 Å². The number of rotatable bonds is 3. The van der Waals surface area contributed by atoms with Crippen LogP contribution in [-0.4, -0.2) is 11.9 Å². The highest BCUT2D eigenvalue weighted by Gasteiger charge is 1.72. The van der Waals surface area contributed by atoms with E-state index in [1.54, 1.807) is 12.3 Å². The molecule has 0 saturated heterocycles. The van der Waals surface area contributed by atoms with E-state index in [2.05, 4.69) is 13.2 Å². The molecule has 0 fully saturated rings. The fourth-order valence-electron chi connectivity index (χ4n) is 0.257. The summed E-state index contributed by atoms with van der Waals surface area (Å²) in [6, 6.07) is 0. The van der Waals surface area contributed by atoms with Gasteiger partial charge in [-0.15, -0.1) is 0 Å². The second kappa shape index (κ2) is 4.19. The van der Waals surface area contributed by atoms with Gasteiger partial charge in [-0.25, -0.2) is 0 Å². The van der Waals surface area contributed by atoms with Crippen LogP contribution in [0.1, 0.15) is 0 Å². The quantitative estimate of drug-likeness (QED) is 0.499. The molecule has 0 amide bonds. The van der Waals surface area contributed by atoms with Crippen LogP contribution < -0.4 is 0 Å². The second-order valence-electron chi connectivity index (χ2n) is 1.43. The van der Waals surface area contributed by atoms with Crippen molar-refractivity contribution in [2.75, 3.05) is 7.05 Å². The van der Waals surface area contributed by atoms with Crippen molar-refractivity contribution in [3.05, 3.63) is 37.7 Å². The van der Waals surface area contributed by atoms with E-state index >= 15 is 0 Å². The summed E-state index contributed by atoms with van der Waals surface area (Å²) in [4.78, 5) is 1.85. The fraction of sp³-hybridized carbons (Fsp3) is 0.143. The molecule has 1 nitrogen and oxygen atoms in total. The largest absolute Gasteiger partial charge is 0.358 e. The van der Waals surface area contributed by atoms with Gasteiger partial charge in [0.15, 0.2) is 0 Å². The molecule has 0 N–H and O–H groups in total. The lowest BCUT2D eigenvalue weighted by atomic mass is 10.6. The first-order valence-corrected chi connectivity index (χ1v) is 2.45. The summed E-state index contributed by atoms with van der Waals surface area (Å²) >= 11 is 0. The third-order valence-electron chi connectivity index (χ3n) is 0.745. The molecule has 0 aromatic rings. The molecule has 0 aromatic carbocycles. The smallest absolute Gasteiger partial charge is 0.0106 e. The topological polar surface area (TPSA) is 3.24 Å². The molecular formula is C7H11N. The molecule has 0 radical (unpaired) electrons.